The minimum atomic E-state index is -0.434. The van der Waals surface area contributed by atoms with Crippen LogP contribution in [0.1, 0.15) is 45.1 Å². The van der Waals surface area contributed by atoms with Crippen LogP contribution in [0.4, 0.5) is 0 Å². The molecule has 0 amide bonds. The number of halogens is 1. The number of ketones is 1. The molecule has 0 aliphatic carbocycles. The van der Waals surface area contributed by atoms with Crippen molar-refractivity contribution >= 4 is 27.7 Å². The average Bonchev–Trinajstić information content (AvgIpc) is 2.94. The minimum Gasteiger partial charge on any atom is -0.484 e. The number of rotatable bonds is 8. The highest BCUT2D eigenvalue weighted by Crippen LogP contribution is 2.27. The van der Waals surface area contributed by atoms with Gasteiger partial charge in [-0.1, -0.05) is 0 Å². The Labute approximate surface area is 167 Å². The summed E-state index contributed by atoms with van der Waals surface area (Å²) in [5.41, 5.74) is 2.94. The van der Waals surface area contributed by atoms with Crippen LogP contribution in [-0.4, -0.2) is 43.8 Å². The number of aromatic nitrogens is 1. The Balaban J connectivity index is 2.13. The average molecular weight is 438 g/mol. The summed E-state index contributed by atoms with van der Waals surface area (Å²) in [7, 11) is 2.98. The third-order valence-corrected chi connectivity index (χ3v) is 4.96. The predicted octanol–water partition coefficient (Wildman–Crippen LogP) is 4.12. The van der Waals surface area contributed by atoms with Gasteiger partial charge in [-0.05, 0) is 61.0 Å². The molecule has 1 atom stereocenters. The van der Waals surface area contributed by atoms with Gasteiger partial charge >= 0.3 is 5.97 Å². The minimum absolute atomic E-state index is 0.0981. The van der Waals surface area contributed by atoms with Crippen LogP contribution in [0.5, 0.6) is 5.75 Å². The van der Waals surface area contributed by atoms with Crippen molar-refractivity contribution in [2.45, 2.75) is 26.8 Å². The van der Waals surface area contributed by atoms with Crippen LogP contribution in [0.15, 0.2) is 28.7 Å². The van der Waals surface area contributed by atoms with Crippen LogP contribution < -0.4 is 4.74 Å². The molecule has 2 aromatic rings. The van der Waals surface area contributed by atoms with Crippen molar-refractivity contribution in [2.24, 2.45) is 0 Å². The molecular weight excluding hydrogens is 414 g/mol. The van der Waals surface area contributed by atoms with E-state index in [4.69, 9.17) is 9.47 Å². The van der Waals surface area contributed by atoms with Crippen molar-refractivity contribution in [2.75, 3.05) is 27.4 Å². The Hall–Kier alpha value is -2.12. The van der Waals surface area contributed by atoms with Crippen LogP contribution in [0.3, 0.4) is 0 Å². The first kappa shape index (κ1) is 21.2. The van der Waals surface area contributed by atoms with Crippen LogP contribution in [0.25, 0.3) is 0 Å². The number of methoxy groups -OCH3 is 2. The molecule has 27 heavy (non-hydrogen) atoms. The van der Waals surface area contributed by atoms with E-state index in [9.17, 15) is 9.59 Å². The fraction of sp³-hybridized carbons (Fsp3) is 0.400. The predicted molar refractivity (Wildman–Crippen MR) is 106 cm³/mol. The van der Waals surface area contributed by atoms with Crippen LogP contribution in [0.2, 0.25) is 0 Å². The quantitative estimate of drug-likeness (QED) is 0.458. The molecule has 1 aromatic carbocycles. The molecule has 0 saturated heterocycles. The summed E-state index contributed by atoms with van der Waals surface area (Å²) in [5, 5.41) is 0. The molecule has 6 nitrogen and oxygen atoms in total. The molecule has 1 aromatic heterocycles. The second-order valence-corrected chi connectivity index (χ2v) is 7.16. The number of ether oxygens (including phenoxy) is 3. The van der Waals surface area contributed by atoms with E-state index in [1.807, 2.05) is 26.8 Å². The molecule has 1 unspecified atom stereocenters. The monoisotopic (exact) mass is 437 g/mol. The van der Waals surface area contributed by atoms with E-state index in [-0.39, 0.29) is 18.4 Å². The summed E-state index contributed by atoms with van der Waals surface area (Å²) >= 11 is 3.36. The number of nitrogens with zero attached hydrogens (tertiary/aromatic N) is 1. The number of carbonyl (C=O) groups excluding carboxylic acids is 2. The van der Waals surface area contributed by atoms with Crippen molar-refractivity contribution in [3.8, 4) is 5.75 Å². The van der Waals surface area contributed by atoms with E-state index in [0.717, 1.165) is 11.4 Å². The standard InChI is InChI=1S/C20H24BrNO5/c1-12-8-16(14(3)22(12)13(2)10-25-4)18(23)11-27-19-7-6-15(9-17(19)21)20(24)26-5/h6-9,13H,10-11H2,1-5H3. The second-order valence-electron chi connectivity index (χ2n) is 6.31. The highest BCUT2D eigenvalue weighted by atomic mass is 79.9. The molecule has 7 heteroatoms. The van der Waals surface area contributed by atoms with Crippen molar-refractivity contribution in [1.82, 2.24) is 4.57 Å². The summed E-state index contributed by atoms with van der Waals surface area (Å²) < 4.78 is 18.2. The first-order chi connectivity index (χ1) is 12.8. The summed E-state index contributed by atoms with van der Waals surface area (Å²) in [4.78, 5) is 24.2. The van der Waals surface area contributed by atoms with Gasteiger partial charge < -0.3 is 18.8 Å². The van der Waals surface area contributed by atoms with Crippen LogP contribution in [-0.2, 0) is 9.47 Å². The number of Topliss-reactive ketones (excluding diaryl/α,β-unsaturated/α-hetero) is 1. The number of carbonyl (C=O) groups is 2. The molecule has 2 rings (SSSR count). The van der Waals surface area contributed by atoms with Gasteiger partial charge in [-0.3, -0.25) is 4.79 Å². The SMILES string of the molecule is COCC(C)n1c(C)cc(C(=O)COc2ccc(C(=O)OC)cc2Br)c1C. The molecule has 1 heterocycles. The Morgan fingerprint density at radius 2 is 1.89 bits per heavy atom. The van der Waals surface area contributed by atoms with Gasteiger partial charge in [-0.25, -0.2) is 4.79 Å². The highest BCUT2D eigenvalue weighted by molar-refractivity contribution is 9.10. The lowest BCUT2D eigenvalue weighted by Gasteiger charge is -2.17. The Morgan fingerprint density at radius 3 is 2.48 bits per heavy atom. The lowest BCUT2D eigenvalue weighted by molar-refractivity contribution is 0.0600. The molecule has 0 aliphatic heterocycles. The molecule has 0 aliphatic rings. The number of hydrogen-bond acceptors (Lipinski definition) is 5. The van der Waals surface area contributed by atoms with E-state index >= 15 is 0 Å². The van der Waals surface area contributed by atoms with Gasteiger partial charge in [0.25, 0.3) is 0 Å². The zero-order valence-electron chi connectivity index (χ0n) is 16.2. The zero-order chi connectivity index (χ0) is 20.1. The second kappa shape index (κ2) is 9.19. The van der Waals surface area contributed by atoms with E-state index < -0.39 is 5.97 Å². The molecular formula is C20H24BrNO5. The smallest absolute Gasteiger partial charge is 0.337 e. The molecule has 0 N–H and O–H groups in total. The van der Waals surface area contributed by atoms with Gasteiger partial charge in [0.15, 0.2) is 6.61 Å². The first-order valence-corrected chi connectivity index (χ1v) is 9.30. The maximum atomic E-state index is 12.7. The lowest BCUT2D eigenvalue weighted by atomic mass is 10.1. The van der Waals surface area contributed by atoms with Crippen molar-refractivity contribution in [3.63, 3.8) is 0 Å². The topological polar surface area (TPSA) is 66.8 Å². The van der Waals surface area contributed by atoms with E-state index in [1.54, 1.807) is 25.3 Å². The van der Waals surface area contributed by atoms with Gasteiger partial charge in [-0.2, -0.15) is 0 Å². The molecule has 0 fully saturated rings. The highest BCUT2D eigenvalue weighted by Gasteiger charge is 2.19. The fourth-order valence-electron chi connectivity index (χ4n) is 3.14. The number of hydrogen-bond donors (Lipinski definition) is 0. The van der Waals surface area contributed by atoms with Gasteiger partial charge in [0.2, 0.25) is 5.78 Å². The van der Waals surface area contributed by atoms with Crippen LogP contribution >= 0.6 is 15.9 Å². The Kier molecular flexibility index (Phi) is 7.21. The molecule has 0 saturated carbocycles. The third kappa shape index (κ3) is 4.78. The van der Waals surface area contributed by atoms with Crippen molar-refractivity contribution < 1.29 is 23.8 Å². The normalized spacial score (nSPS) is 11.9. The molecule has 0 spiro atoms. The van der Waals surface area contributed by atoms with Crippen molar-refractivity contribution in [1.29, 1.82) is 0 Å². The Morgan fingerprint density at radius 1 is 1.19 bits per heavy atom. The summed E-state index contributed by atoms with van der Waals surface area (Å²) in [6.07, 6.45) is 0. The number of benzene rings is 1. The summed E-state index contributed by atoms with van der Waals surface area (Å²) in [5.74, 6) is -0.0589. The van der Waals surface area contributed by atoms with Gasteiger partial charge in [0.05, 0.1) is 29.8 Å². The van der Waals surface area contributed by atoms with Gasteiger partial charge in [0, 0.05) is 24.1 Å². The first-order valence-electron chi connectivity index (χ1n) is 8.51. The third-order valence-electron chi connectivity index (χ3n) is 4.35. The summed E-state index contributed by atoms with van der Waals surface area (Å²) in [6.45, 7) is 6.42. The van der Waals surface area contributed by atoms with Gasteiger partial charge in [-0.15, -0.1) is 0 Å². The van der Waals surface area contributed by atoms with E-state index in [1.165, 1.54) is 7.11 Å². The number of aryl methyl sites for hydroxylation is 1. The number of esters is 1. The zero-order valence-corrected chi connectivity index (χ0v) is 17.8. The summed E-state index contributed by atoms with van der Waals surface area (Å²) in [6, 6.07) is 6.84. The van der Waals surface area contributed by atoms with E-state index in [2.05, 4.69) is 25.2 Å². The maximum Gasteiger partial charge on any atom is 0.337 e. The van der Waals surface area contributed by atoms with E-state index in [0.29, 0.717) is 28.0 Å². The Bertz CT molecular complexity index is 843. The van der Waals surface area contributed by atoms with Crippen molar-refractivity contribution in [3.05, 3.63) is 51.3 Å². The van der Waals surface area contributed by atoms with Crippen LogP contribution in [0, 0.1) is 13.8 Å². The maximum absolute atomic E-state index is 12.7. The molecule has 0 radical (unpaired) electrons. The largest absolute Gasteiger partial charge is 0.484 e. The van der Waals surface area contributed by atoms with Gasteiger partial charge in [0.1, 0.15) is 5.75 Å². The molecule has 0 bridgehead atoms. The molecule has 146 valence electrons. The lowest BCUT2D eigenvalue weighted by Crippen LogP contribution is -2.16. The fourth-order valence-corrected chi connectivity index (χ4v) is 3.63.